The first-order valence-electron chi connectivity index (χ1n) is 4.37. The first-order chi connectivity index (χ1) is 7.22. The first-order valence-corrected chi connectivity index (χ1v) is 4.75. The van der Waals surface area contributed by atoms with E-state index < -0.39 is 0 Å². The van der Waals surface area contributed by atoms with E-state index in [-0.39, 0.29) is 12.5 Å². The number of halogens is 1. The normalized spacial score (nSPS) is 9.87. The molecule has 1 amide bonds. The number of carbonyl (C=O) groups is 1. The highest BCUT2D eigenvalue weighted by Gasteiger charge is 1.92. The van der Waals surface area contributed by atoms with E-state index in [1.165, 1.54) is 6.08 Å². The molecule has 1 aromatic carbocycles. The molecule has 0 spiro atoms. The van der Waals surface area contributed by atoms with Gasteiger partial charge in [-0.3, -0.25) is 4.79 Å². The lowest BCUT2D eigenvalue weighted by Crippen LogP contribution is -2.20. The summed E-state index contributed by atoms with van der Waals surface area (Å²) in [6.07, 6.45) is 8.12. The van der Waals surface area contributed by atoms with Gasteiger partial charge in [-0.2, -0.15) is 0 Å². The van der Waals surface area contributed by atoms with Crippen LogP contribution in [0.25, 0.3) is 6.08 Å². The largest absolute Gasteiger partial charge is 0.342 e. The maximum atomic E-state index is 11.1. The second kappa shape index (κ2) is 5.90. The Kier molecular flexibility index (Phi) is 4.46. The van der Waals surface area contributed by atoms with Crippen molar-refractivity contribution in [1.82, 2.24) is 5.32 Å². The van der Waals surface area contributed by atoms with Crippen LogP contribution in [0.5, 0.6) is 0 Å². The van der Waals surface area contributed by atoms with E-state index in [9.17, 15) is 4.79 Å². The van der Waals surface area contributed by atoms with Crippen LogP contribution in [0.1, 0.15) is 5.56 Å². The van der Waals surface area contributed by atoms with Crippen molar-refractivity contribution >= 4 is 23.6 Å². The average molecular weight is 220 g/mol. The number of hydrogen-bond donors (Lipinski definition) is 1. The molecule has 3 heteroatoms. The van der Waals surface area contributed by atoms with E-state index in [2.05, 4.69) is 11.2 Å². The maximum absolute atomic E-state index is 11.1. The lowest BCUT2D eigenvalue weighted by Gasteiger charge is -1.95. The summed E-state index contributed by atoms with van der Waals surface area (Å²) in [6.45, 7) is 0.240. The van der Waals surface area contributed by atoms with Gasteiger partial charge in [-0.15, -0.1) is 6.42 Å². The molecule has 0 atom stereocenters. The zero-order valence-corrected chi connectivity index (χ0v) is 8.79. The third-order valence-corrected chi connectivity index (χ3v) is 1.91. The molecule has 0 saturated carbocycles. The Balaban J connectivity index is 2.54. The maximum Gasteiger partial charge on any atom is 0.244 e. The van der Waals surface area contributed by atoms with Crippen LogP contribution in [0, 0.1) is 12.3 Å². The fourth-order valence-electron chi connectivity index (χ4n) is 0.943. The lowest BCUT2D eigenvalue weighted by molar-refractivity contribution is -0.116. The van der Waals surface area contributed by atoms with E-state index in [1.807, 2.05) is 12.1 Å². The minimum atomic E-state index is -0.206. The molecular formula is C12H10ClNO. The van der Waals surface area contributed by atoms with Gasteiger partial charge in [0.2, 0.25) is 5.91 Å². The van der Waals surface area contributed by atoms with Crippen LogP contribution < -0.4 is 5.32 Å². The smallest absolute Gasteiger partial charge is 0.244 e. The minimum Gasteiger partial charge on any atom is -0.342 e. The Morgan fingerprint density at radius 3 is 2.73 bits per heavy atom. The van der Waals surface area contributed by atoms with Crippen LogP contribution >= 0.6 is 11.6 Å². The molecule has 0 aliphatic rings. The van der Waals surface area contributed by atoms with Crippen molar-refractivity contribution in [3.05, 3.63) is 40.9 Å². The van der Waals surface area contributed by atoms with Gasteiger partial charge in [0, 0.05) is 11.1 Å². The Bertz CT molecular complexity index is 401. The number of terminal acetylenes is 1. The second-order valence-electron chi connectivity index (χ2n) is 2.81. The Hall–Kier alpha value is -1.72. The van der Waals surface area contributed by atoms with Crippen LogP contribution in [0.4, 0.5) is 0 Å². The summed E-state index contributed by atoms with van der Waals surface area (Å²) in [5, 5.41) is 3.20. The standard InChI is InChI=1S/C12H10ClNO/c1-2-9-14-12(15)8-5-10-3-6-11(13)7-4-10/h1,3-8H,9H2,(H,14,15)/b8-5+. The van der Waals surface area contributed by atoms with E-state index in [0.717, 1.165) is 5.56 Å². The van der Waals surface area contributed by atoms with Gasteiger partial charge in [0.05, 0.1) is 6.54 Å². The third-order valence-electron chi connectivity index (χ3n) is 1.66. The Morgan fingerprint density at radius 2 is 2.13 bits per heavy atom. The summed E-state index contributed by atoms with van der Waals surface area (Å²) in [5.41, 5.74) is 0.912. The number of rotatable bonds is 3. The van der Waals surface area contributed by atoms with Gasteiger partial charge in [-0.05, 0) is 23.8 Å². The van der Waals surface area contributed by atoms with Crippen LogP contribution in [-0.2, 0) is 4.79 Å². The molecule has 0 saturated heterocycles. The summed E-state index contributed by atoms with van der Waals surface area (Å²) in [6, 6.07) is 7.18. The molecule has 0 bridgehead atoms. The molecule has 0 heterocycles. The van der Waals surface area contributed by atoms with Crippen molar-refractivity contribution in [3.8, 4) is 12.3 Å². The molecule has 0 aliphatic carbocycles. The van der Waals surface area contributed by atoms with Crippen LogP contribution in [-0.4, -0.2) is 12.5 Å². The van der Waals surface area contributed by atoms with E-state index >= 15 is 0 Å². The van der Waals surface area contributed by atoms with Gasteiger partial charge in [-0.25, -0.2) is 0 Å². The quantitative estimate of drug-likeness (QED) is 0.612. The van der Waals surface area contributed by atoms with Gasteiger partial charge in [0.25, 0.3) is 0 Å². The molecule has 1 rings (SSSR count). The van der Waals surface area contributed by atoms with Crippen molar-refractivity contribution in [3.63, 3.8) is 0 Å². The lowest BCUT2D eigenvalue weighted by atomic mass is 10.2. The fraction of sp³-hybridized carbons (Fsp3) is 0.0833. The highest BCUT2D eigenvalue weighted by molar-refractivity contribution is 6.30. The number of carbonyl (C=O) groups excluding carboxylic acids is 1. The van der Waals surface area contributed by atoms with Crippen molar-refractivity contribution in [1.29, 1.82) is 0 Å². The van der Waals surface area contributed by atoms with Crippen molar-refractivity contribution in [2.45, 2.75) is 0 Å². The highest BCUT2D eigenvalue weighted by Crippen LogP contribution is 2.10. The first kappa shape index (κ1) is 11.4. The molecule has 0 aromatic heterocycles. The predicted octanol–water partition coefficient (Wildman–Crippen LogP) is 2.10. The van der Waals surface area contributed by atoms with Crippen LogP contribution in [0.3, 0.4) is 0 Å². The van der Waals surface area contributed by atoms with E-state index in [4.69, 9.17) is 18.0 Å². The molecular weight excluding hydrogens is 210 g/mol. The molecule has 2 nitrogen and oxygen atoms in total. The highest BCUT2D eigenvalue weighted by atomic mass is 35.5. The molecule has 0 aliphatic heterocycles. The summed E-state index contributed by atoms with van der Waals surface area (Å²) in [5.74, 6) is 2.12. The van der Waals surface area contributed by atoms with Gasteiger partial charge >= 0.3 is 0 Å². The molecule has 0 unspecified atom stereocenters. The van der Waals surface area contributed by atoms with E-state index in [1.54, 1.807) is 18.2 Å². The Labute approximate surface area is 93.9 Å². The molecule has 0 radical (unpaired) electrons. The van der Waals surface area contributed by atoms with Gasteiger partial charge in [0.15, 0.2) is 0 Å². The van der Waals surface area contributed by atoms with Gasteiger partial charge < -0.3 is 5.32 Å². The molecule has 0 fully saturated rings. The number of hydrogen-bond acceptors (Lipinski definition) is 1. The zero-order chi connectivity index (χ0) is 11.1. The topological polar surface area (TPSA) is 29.1 Å². The summed E-state index contributed by atoms with van der Waals surface area (Å²) in [7, 11) is 0. The summed E-state index contributed by atoms with van der Waals surface area (Å²) < 4.78 is 0. The van der Waals surface area contributed by atoms with Crippen molar-refractivity contribution in [2.24, 2.45) is 0 Å². The van der Waals surface area contributed by atoms with E-state index in [0.29, 0.717) is 5.02 Å². The fourth-order valence-corrected chi connectivity index (χ4v) is 1.07. The molecule has 15 heavy (non-hydrogen) atoms. The number of benzene rings is 1. The zero-order valence-electron chi connectivity index (χ0n) is 8.03. The van der Waals surface area contributed by atoms with Crippen molar-refractivity contribution in [2.75, 3.05) is 6.54 Å². The van der Waals surface area contributed by atoms with Crippen LogP contribution in [0.15, 0.2) is 30.3 Å². The average Bonchev–Trinajstić information content (AvgIpc) is 2.25. The summed E-state index contributed by atoms with van der Waals surface area (Å²) in [4.78, 5) is 11.1. The van der Waals surface area contributed by atoms with Gasteiger partial charge in [0.1, 0.15) is 0 Å². The molecule has 76 valence electrons. The second-order valence-corrected chi connectivity index (χ2v) is 3.24. The third kappa shape index (κ3) is 4.35. The minimum absolute atomic E-state index is 0.206. The van der Waals surface area contributed by atoms with Crippen molar-refractivity contribution < 1.29 is 4.79 Å². The van der Waals surface area contributed by atoms with Gasteiger partial charge in [-0.1, -0.05) is 29.7 Å². The number of nitrogens with one attached hydrogen (secondary N) is 1. The summed E-state index contributed by atoms with van der Waals surface area (Å²) >= 11 is 5.72. The number of amides is 1. The van der Waals surface area contributed by atoms with Crippen LogP contribution in [0.2, 0.25) is 5.02 Å². The Morgan fingerprint density at radius 1 is 1.47 bits per heavy atom. The SMILES string of the molecule is C#CCNC(=O)/C=C/c1ccc(Cl)cc1. The monoisotopic (exact) mass is 219 g/mol. The predicted molar refractivity (Wildman–Crippen MR) is 62.3 cm³/mol. The molecule has 1 aromatic rings. The molecule has 1 N–H and O–H groups in total.